The summed E-state index contributed by atoms with van der Waals surface area (Å²) in [6.45, 7) is 9.21. The molecule has 2 rings (SSSR count). The standard InChI is InChI=1S/C15H23NO3S/c1-11(2)8-16(9-14-12(3)4-7-20-14)15(17)13-10-18-5-6-19-13/h4,7,11,13H,5-6,8-10H2,1-3H3/t13-/m1/s1. The molecule has 1 aromatic heterocycles. The van der Waals surface area contributed by atoms with Crippen LogP contribution in [-0.4, -0.2) is 43.3 Å². The second-order valence-electron chi connectivity index (χ2n) is 5.57. The summed E-state index contributed by atoms with van der Waals surface area (Å²) in [6.07, 6.45) is -0.442. The fraction of sp³-hybridized carbons (Fsp3) is 0.667. The number of rotatable bonds is 5. The number of nitrogens with zero attached hydrogens (tertiary/aromatic N) is 1. The Kier molecular flexibility index (Phi) is 5.57. The zero-order valence-corrected chi connectivity index (χ0v) is 13.2. The highest BCUT2D eigenvalue weighted by Gasteiger charge is 2.28. The van der Waals surface area contributed by atoms with Gasteiger partial charge in [-0.15, -0.1) is 11.3 Å². The largest absolute Gasteiger partial charge is 0.376 e. The SMILES string of the molecule is Cc1ccsc1CN(CC(C)C)C(=O)[C@H]1COCCO1. The molecule has 0 radical (unpaired) electrons. The van der Waals surface area contributed by atoms with Crippen LogP contribution in [-0.2, 0) is 20.8 Å². The van der Waals surface area contributed by atoms with E-state index in [1.165, 1.54) is 10.4 Å². The van der Waals surface area contributed by atoms with Crippen molar-refractivity contribution >= 4 is 17.2 Å². The minimum absolute atomic E-state index is 0.0474. The van der Waals surface area contributed by atoms with Crippen LogP contribution in [0.3, 0.4) is 0 Å². The average molecular weight is 297 g/mol. The van der Waals surface area contributed by atoms with Crippen LogP contribution in [0, 0.1) is 12.8 Å². The second-order valence-corrected chi connectivity index (χ2v) is 6.57. The third kappa shape index (κ3) is 4.04. The highest BCUT2D eigenvalue weighted by molar-refractivity contribution is 7.10. The summed E-state index contributed by atoms with van der Waals surface area (Å²) >= 11 is 1.70. The van der Waals surface area contributed by atoms with Crippen LogP contribution in [0.15, 0.2) is 11.4 Å². The van der Waals surface area contributed by atoms with E-state index in [-0.39, 0.29) is 5.91 Å². The van der Waals surface area contributed by atoms with Gasteiger partial charge in [0, 0.05) is 11.4 Å². The van der Waals surface area contributed by atoms with Gasteiger partial charge in [-0.25, -0.2) is 0 Å². The van der Waals surface area contributed by atoms with E-state index in [1.807, 2.05) is 4.90 Å². The number of thiophene rings is 1. The summed E-state index contributed by atoms with van der Waals surface area (Å²) in [5, 5.41) is 2.07. The molecule has 112 valence electrons. The van der Waals surface area contributed by atoms with Crippen LogP contribution < -0.4 is 0 Å². The summed E-state index contributed by atoms with van der Waals surface area (Å²) in [6, 6.07) is 2.10. The summed E-state index contributed by atoms with van der Waals surface area (Å²) in [4.78, 5) is 15.7. The van der Waals surface area contributed by atoms with Crippen LogP contribution in [0.5, 0.6) is 0 Å². The number of carbonyl (C=O) groups is 1. The van der Waals surface area contributed by atoms with E-state index in [0.29, 0.717) is 32.3 Å². The minimum Gasteiger partial charge on any atom is -0.376 e. The van der Waals surface area contributed by atoms with E-state index in [2.05, 4.69) is 32.2 Å². The van der Waals surface area contributed by atoms with Gasteiger partial charge in [0.25, 0.3) is 5.91 Å². The number of hydrogen-bond donors (Lipinski definition) is 0. The molecular formula is C15H23NO3S. The van der Waals surface area contributed by atoms with Gasteiger partial charge in [-0.05, 0) is 29.9 Å². The van der Waals surface area contributed by atoms with Gasteiger partial charge < -0.3 is 14.4 Å². The number of aryl methyl sites for hydroxylation is 1. The quantitative estimate of drug-likeness (QED) is 0.838. The lowest BCUT2D eigenvalue weighted by Crippen LogP contribution is -2.46. The first-order valence-electron chi connectivity index (χ1n) is 7.09. The molecule has 1 aliphatic heterocycles. The molecule has 1 aromatic rings. The average Bonchev–Trinajstić information content (AvgIpc) is 2.83. The van der Waals surface area contributed by atoms with E-state index < -0.39 is 6.10 Å². The predicted octanol–water partition coefficient (Wildman–Crippen LogP) is 2.46. The molecule has 0 bridgehead atoms. The molecule has 1 atom stereocenters. The van der Waals surface area contributed by atoms with Gasteiger partial charge in [-0.3, -0.25) is 4.79 Å². The maximum Gasteiger partial charge on any atom is 0.254 e. The fourth-order valence-electron chi connectivity index (χ4n) is 2.25. The Labute approximate surface area is 124 Å². The Bertz CT molecular complexity index is 438. The lowest BCUT2D eigenvalue weighted by molar-refractivity contribution is -0.159. The third-order valence-electron chi connectivity index (χ3n) is 3.29. The van der Waals surface area contributed by atoms with Gasteiger partial charge in [0.1, 0.15) is 0 Å². The first kappa shape index (κ1) is 15.5. The van der Waals surface area contributed by atoms with E-state index in [1.54, 1.807) is 11.3 Å². The predicted molar refractivity (Wildman–Crippen MR) is 79.9 cm³/mol. The Morgan fingerprint density at radius 2 is 2.30 bits per heavy atom. The molecule has 0 saturated carbocycles. The topological polar surface area (TPSA) is 38.8 Å². The number of hydrogen-bond acceptors (Lipinski definition) is 4. The van der Waals surface area contributed by atoms with Gasteiger partial charge >= 0.3 is 0 Å². The van der Waals surface area contributed by atoms with Crippen molar-refractivity contribution in [2.45, 2.75) is 33.4 Å². The lowest BCUT2D eigenvalue weighted by Gasteiger charge is -2.30. The molecule has 4 nitrogen and oxygen atoms in total. The molecule has 0 aliphatic carbocycles. The smallest absolute Gasteiger partial charge is 0.254 e. The molecule has 0 N–H and O–H groups in total. The molecule has 0 spiro atoms. The van der Waals surface area contributed by atoms with Crippen LogP contribution in [0.2, 0.25) is 0 Å². The Morgan fingerprint density at radius 3 is 2.85 bits per heavy atom. The summed E-state index contributed by atoms with van der Waals surface area (Å²) in [7, 11) is 0. The molecular weight excluding hydrogens is 274 g/mol. The zero-order chi connectivity index (χ0) is 14.5. The van der Waals surface area contributed by atoms with Crippen molar-refractivity contribution in [2.24, 2.45) is 5.92 Å². The van der Waals surface area contributed by atoms with Crippen LogP contribution in [0.1, 0.15) is 24.3 Å². The minimum atomic E-state index is -0.442. The summed E-state index contributed by atoms with van der Waals surface area (Å²) < 4.78 is 10.9. The lowest BCUT2D eigenvalue weighted by atomic mass is 10.1. The number of amides is 1. The molecule has 1 amide bonds. The molecule has 0 aromatic carbocycles. The first-order chi connectivity index (χ1) is 9.58. The molecule has 2 heterocycles. The maximum atomic E-state index is 12.6. The molecule has 1 aliphatic rings. The van der Waals surface area contributed by atoms with Crippen molar-refractivity contribution in [3.8, 4) is 0 Å². The highest BCUT2D eigenvalue weighted by atomic mass is 32.1. The molecule has 1 saturated heterocycles. The van der Waals surface area contributed by atoms with Gasteiger partial charge in [0.05, 0.1) is 26.4 Å². The summed E-state index contributed by atoms with van der Waals surface area (Å²) in [5.41, 5.74) is 1.25. The first-order valence-corrected chi connectivity index (χ1v) is 7.97. The van der Waals surface area contributed by atoms with Crippen molar-refractivity contribution < 1.29 is 14.3 Å². The third-order valence-corrected chi connectivity index (χ3v) is 4.30. The van der Waals surface area contributed by atoms with Gasteiger partial charge in [-0.2, -0.15) is 0 Å². The summed E-state index contributed by atoms with van der Waals surface area (Å²) in [5.74, 6) is 0.481. The molecule has 1 fully saturated rings. The fourth-order valence-corrected chi connectivity index (χ4v) is 3.17. The van der Waals surface area contributed by atoms with Crippen molar-refractivity contribution in [1.82, 2.24) is 4.90 Å². The van der Waals surface area contributed by atoms with Crippen molar-refractivity contribution in [1.29, 1.82) is 0 Å². The second kappa shape index (κ2) is 7.20. The number of carbonyl (C=O) groups excluding carboxylic acids is 1. The number of ether oxygens (including phenoxy) is 2. The normalized spacial score (nSPS) is 19.3. The Balaban J connectivity index is 2.06. The van der Waals surface area contributed by atoms with E-state index >= 15 is 0 Å². The highest BCUT2D eigenvalue weighted by Crippen LogP contribution is 2.20. The van der Waals surface area contributed by atoms with Crippen molar-refractivity contribution in [2.75, 3.05) is 26.4 Å². The van der Waals surface area contributed by atoms with E-state index in [4.69, 9.17) is 9.47 Å². The van der Waals surface area contributed by atoms with Crippen LogP contribution >= 0.6 is 11.3 Å². The van der Waals surface area contributed by atoms with Gasteiger partial charge in [0.15, 0.2) is 6.10 Å². The maximum absolute atomic E-state index is 12.6. The molecule has 5 heteroatoms. The van der Waals surface area contributed by atoms with Crippen molar-refractivity contribution in [3.05, 3.63) is 21.9 Å². The Morgan fingerprint density at radius 1 is 1.50 bits per heavy atom. The Hall–Kier alpha value is -0.910. The van der Waals surface area contributed by atoms with Gasteiger partial charge in [-0.1, -0.05) is 13.8 Å². The van der Waals surface area contributed by atoms with Crippen molar-refractivity contribution in [3.63, 3.8) is 0 Å². The zero-order valence-electron chi connectivity index (χ0n) is 12.4. The molecule has 0 unspecified atom stereocenters. The van der Waals surface area contributed by atoms with E-state index in [9.17, 15) is 4.79 Å². The molecule has 20 heavy (non-hydrogen) atoms. The van der Waals surface area contributed by atoms with E-state index in [0.717, 1.165) is 6.54 Å². The van der Waals surface area contributed by atoms with Crippen LogP contribution in [0.4, 0.5) is 0 Å². The van der Waals surface area contributed by atoms with Gasteiger partial charge in [0.2, 0.25) is 0 Å². The van der Waals surface area contributed by atoms with Crippen LogP contribution in [0.25, 0.3) is 0 Å². The monoisotopic (exact) mass is 297 g/mol.